The molecule has 0 radical (unpaired) electrons. The van der Waals surface area contributed by atoms with Gasteiger partial charge in [-0.1, -0.05) is 19.9 Å². The number of nitrogens with one attached hydrogen (secondary N) is 3. The second-order valence-electron chi connectivity index (χ2n) is 8.69. The molecular formula is C22H24N6O. The van der Waals surface area contributed by atoms with E-state index in [-0.39, 0.29) is 17.0 Å². The number of anilines is 1. The molecule has 0 bridgehead atoms. The number of hydrogen-bond acceptors (Lipinski definition) is 4. The van der Waals surface area contributed by atoms with Crippen LogP contribution in [0.25, 0.3) is 33.4 Å². The highest BCUT2D eigenvalue weighted by Gasteiger charge is 2.32. The van der Waals surface area contributed by atoms with E-state index in [0.29, 0.717) is 12.5 Å². The molecule has 0 unspecified atom stereocenters. The molecule has 0 saturated carbocycles. The molecule has 3 aromatic heterocycles. The van der Waals surface area contributed by atoms with Crippen LogP contribution in [0.5, 0.6) is 0 Å². The van der Waals surface area contributed by atoms with Crippen molar-refractivity contribution in [2.45, 2.75) is 45.7 Å². The van der Waals surface area contributed by atoms with Crippen LogP contribution in [-0.2, 0) is 6.54 Å². The molecule has 4 heterocycles. The lowest BCUT2D eigenvalue weighted by molar-refractivity contribution is 0.515. The third kappa shape index (κ3) is 2.76. The SMILES string of the molecule is CC(C)c1c(-c2c[nH]c3ccc(-c4ccn[nH]4)cc23)nc2n(c1=O)CC(C)(C)N2. The van der Waals surface area contributed by atoms with Crippen LogP contribution in [0.2, 0.25) is 0 Å². The Kier molecular flexibility index (Phi) is 3.71. The molecule has 1 aliphatic rings. The Labute approximate surface area is 168 Å². The van der Waals surface area contributed by atoms with Gasteiger partial charge in [0.25, 0.3) is 5.56 Å². The van der Waals surface area contributed by atoms with E-state index in [4.69, 9.17) is 4.98 Å². The van der Waals surface area contributed by atoms with Gasteiger partial charge >= 0.3 is 0 Å². The number of nitrogens with zero attached hydrogens (tertiary/aromatic N) is 3. The summed E-state index contributed by atoms with van der Waals surface area (Å²) in [5.74, 6) is 0.700. The average Bonchev–Trinajstić information content (AvgIpc) is 3.37. The lowest BCUT2D eigenvalue weighted by Gasteiger charge is -2.15. The summed E-state index contributed by atoms with van der Waals surface area (Å²) in [6.45, 7) is 8.88. The monoisotopic (exact) mass is 388 g/mol. The fourth-order valence-corrected chi connectivity index (χ4v) is 4.18. The summed E-state index contributed by atoms with van der Waals surface area (Å²) in [4.78, 5) is 21.6. The lowest BCUT2D eigenvalue weighted by Crippen LogP contribution is -2.30. The minimum atomic E-state index is -0.194. The van der Waals surface area contributed by atoms with Gasteiger partial charge in [-0.25, -0.2) is 4.98 Å². The summed E-state index contributed by atoms with van der Waals surface area (Å²) in [5.41, 5.74) is 5.28. The molecule has 0 atom stereocenters. The Balaban J connectivity index is 1.76. The van der Waals surface area contributed by atoms with Gasteiger partial charge in [0.15, 0.2) is 0 Å². The zero-order valence-electron chi connectivity index (χ0n) is 17.0. The van der Waals surface area contributed by atoms with Gasteiger partial charge < -0.3 is 10.3 Å². The normalized spacial score (nSPS) is 15.1. The van der Waals surface area contributed by atoms with Crippen molar-refractivity contribution in [3.05, 3.63) is 52.6 Å². The quantitative estimate of drug-likeness (QED) is 0.492. The summed E-state index contributed by atoms with van der Waals surface area (Å²) in [6, 6.07) is 8.15. The smallest absolute Gasteiger partial charge is 0.259 e. The zero-order valence-corrected chi connectivity index (χ0v) is 17.0. The van der Waals surface area contributed by atoms with Gasteiger partial charge in [0.05, 0.1) is 23.5 Å². The fourth-order valence-electron chi connectivity index (χ4n) is 4.18. The average molecular weight is 388 g/mol. The highest BCUT2D eigenvalue weighted by molar-refractivity contribution is 5.97. The molecule has 7 heteroatoms. The molecule has 0 spiro atoms. The molecule has 7 nitrogen and oxygen atoms in total. The first kappa shape index (κ1) is 17.7. The van der Waals surface area contributed by atoms with Crippen LogP contribution in [0, 0.1) is 0 Å². The maximum Gasteiger partial charge on any atom is 0.259 e. The molecule has 4 aromatic rings. The van der Waals surface area contributed by atoms with E-state index in [2.05, 4.69) is 46.5 Å². The summed E-state index contributed by atoms with van der Waals surface area (Å²) in [7, 11) is 0. The molecule has 0 fully saturated rings. The summed E-state index contributed by atoms with van der Waals surface area (Å²) < 4.78 is 1.77. The lowest BCUT2D eigenvalue weighted by atomic mass is 9.97. The minimum Gasteiger partial charge on any atom is -0.360 e. The van der Waals surface area contributed by atoms with Crippen molar-refractivity contribution >= 4 is 16.9 Å². The van der Waals surface area contributed by atoms with Gasteiger partial charge in [0, 0.05) is 40.0 Å². The number of rotatable bonds is 3. The van der Waals surface area contributed by atoms with Gasteiger partial charge in [0.2, 0.25) is 5.95 Å². The van der Waals surface area contributed by atoms with Crippen molar-refractivity contribution in [1.82, 2.24) is 24.7 Å². The third-order valence-electron chi connectivity index (χ3n) is 5.53. The first-order valence-electron chi connectivity index (χ1n) is 9.88. The maximum absolute atomic E-state index is 13.4. The summed E-state index contributed by atoms with van der Waals surface area (Å²) >= 11 is 0. The van der Waals surface area contributed by atoms with Crippen LogP contribution in [0.1, 0.15) is 39.2 Å². The van der Waals surface area contributed by atoms with Gasteiger partial charge in [-0.15, -0.1) is 0 Å². The number of fused-ring (bicyclic) bond motifs is 2. The second-order valence-corrected chi connectivity index (χ2v) is 8.69. The maximum atomic E-state index is 13.4. The number of aromatic amines is 2. The van der Waals surface area contributed by atoms with Crippen molar-refractivity contribution in [3.8, 4) is 22.5 Å². The molecule has 0 saturated heterocycles. The summed E-state index contributed by atoms with van der Waals surface area (Å²) in [5, 5.41) is 11.5. The molecule has 148 valence electrons. The van der Waals surface area contributed by atoms with Crippen LogP contribution < -0.4 is 10.9 Å². The minimum absolute atomic E-state index is 0.0390. The number of hydrogen-bond donors (Lipinski definition) is 3. The largest absolute Gasteiger partial charge is 0.360 e. The first-order chi connectivity index (χ1) is 13.8. The molecule has 3 N–H and O–H groups in total. The van der Waals surface area contributed by atoms with Crippen molar-refractivity contribution in [2.75, 3.05) is 5.32 Å². The topological polar surface area (TPSA) is 91.4 Å². The van der Waals surface area contributed by atoms with Crippen molar-refractivity contribution in [1.29, 1.82) is 0 Å². The van der Waals surface area contributed by atoms with Gasteiger partial charge in [0.1, 0.15) is 0 Å². The molecule has 0 aliphatic carbocycles. The highest BCUT2D eigenvalue weighted by Crippen LogP contribution is 2.35. The number of H-pyrrole nitrogens is 2. The first-order valence-corrected chi connectivity index (χ1v) is 9.88. The highest BCUT2D eigenvalue weighted by atomic mass is 16.1. The van der Waals surface area contributed by atoms with E-state index in [1.165, 1.54) is 0 Å². The van der Waals surface area contributed by atoms with E-state index in [1.807, 2.05) is 32.2 Å². The Morgan fingerprint density at radius 1 is 1.21 bits per heavy atom. The Bertz CT molecular complexity index is 1280. The van der Waals surface area contributed by atoms with Crippen LogP contribution >= 0.6 is 0 Å². The van der Waals surface area contributed by atoms with Crippen molar-refractivity contribution in [2.24, 2.45) is 0 Å². The third-order valence-corrected chi connectivity index (χ3v) is 5.53. The predicted octanol–water partition coefficient (Wildman–Crippen LogP) is 4.11. The van der Waals surface area contributed by atoms with Crippen LogP contribution in [-0.4, -0.2) is 30.3 Å². The molecule has 1 aliphatic heterocycles. The van der Waals surface area contributed by atoms with E-state index in [1.54, 1.807) is 10.8 Å². The van der Waals surface area contributed by atoms with Crippen molar-refractivity contribution in [3.63, 3.8) is 0 Å². The van der Waals surface area contributed by atoms with Crippen LogP contribution in [0.3, 0.4) is 0 Å². The second kappa shape index (κ2) is 6.07. The van der Waals surface area contributed by atoms with Gasteiger partial charge in [-0.05, 0) is 38.0 Å². The zero-order chi connectivity index (χ0) is 20.3. The van der Waals surface area contributed by atoms with E-state index in [9.17, 15) is 4.79 Å². The fraction of sp³-hybridized carbons (Fsp3) is 0.318. The van der Waals surface area contributed by atoms with Gasteiger partial charge in [-0.2, -0.15) is 5.10 Å². The van der Waals surface area contributed by atoms with E-state index >= 15 is 0 Å². The number of benzene rings is 1. The molecule has 1 aromatic carbocycles. The Morgan fingerprint density at radius 3 is 2.76 bits per heavy atom. The standard InChI is InChI=1S/C22H24N6O/c1-12(2)18-19(25-21-26-22(3,4)11-28(21)20(18)29)15-10-23-17-6-5-13(9-14(15)17)16-7-8-24-27-16/h5-10,12,23H,11H2,1-4H3,(H,24,27)(H,25,26). The molecule has 29 heavy (non-hydrogen) atoms. The van der Waals surface area contributed by atoms with Crippen LogP contribution in [0.15, 0.2) is 41.5 Å². The van der Waals surface area contributed by atoms with Gasteiger partial charge in [-0.3, -0.25) is 14.5 Å². The number of aromatic nitrogens is 5. The summed E-state index contributed by atoms with van der Waals surface area (Å²) in [6.07, 6.45) is 3.69. The molecule has 5 rings (SSSR count). The Morgan fingerprint density at radius 2 is 2.03 bits per heavy atom. The molecular weight excluding hydrogens is 364 g/mol. The van der Waals surface area contributed by atoms with E-state index in [0.717, 1.165) is 39.0 Å². The van der Waals surface area contributed by atoms with Crippen molar-refractivity contribution < 1.29 is 0 Å². The van der Waals surface area contributed by atoms with Crippen LogP contribution in [0.4, 0.5) is 5.95 Å². The predicted molar refractivity (Wildman–Crippen MR) is 115 cm³/mol. The Hall–Kier alpha value is -3.35. The van der Waals surface area contributed by atoms with E-state index < -0.39 is 0 Å². The molecule has 0 amide bonds.